The van der Waals surface area contributed by atoms with Crippen molar-refractivity contribution in [1.82, 2.24) is 20.2 Å². The van der Waals surface area contributed by atoms with Crippen molar-refractivity contribution in [3.05, 3.63) is 35.6 Å². The van der Waals surface area contributed by atoms with E-state index in [-0.39, 0.29) is 0 Å². The summed E-state index contributed by atoms with van der Waals surface area (Å²) in [5.74, 6) is 1.36. The van der Waals surface area contributed by atoms with E-state index in [1.54, 1.807) is 17.7 Å². The lowest BCUT2D eigenvalue weighted by molar-refractivity contribution is -0.141. The van der Waals surface area contributed by atoms with E-state index < -0.39 is 11.9 Å². The summed E-state index contributed by atoms with van der Waals surface area (Å²) in [5, 5.41) is 8.99. The van der Waals surface area contributed by atoms with E-state index >= 15 is 0 Å². The van der Waals surface area contributed by atoms with Crippen molar-refractivity contribution in [3.63, 3.8) is 0 Å². The molecular formula is C15H13F3N6S. The summed E-state index contributed by atoms with van der Waals surface area (Å²) in [6.45, 7) is 2.67. The van der Waals surface area contributed by atoms with Crippen molar-refractivity contribution in [2.24, 2.45) is 0 Å². The van der Waals surface area contributed by atoms with Crippen LogP contribution in [-0.4, -0.2) is 46.3 Å². The predicted molar refractivity (Wildman–Crippen MR) is 88.9 cm³/mol. The molecule has 1 aliphatic heterocycles. The molecule has 4 heterocycles. The molecule has 25 heavy (non-hydrogen) atoms. The van der Waals surface area contributed by atoms with Gasteiger partial charge in [0.1, 0.15) is 12.1 Å². The van der Waals surface area contributed by atoms with Gasteiger partial charge in [0.15, 0.2) is 11.5 Å². The minimum atomic E-state index is -4.47. The zero-order valence-corrected chi connectivity index (χ0v) is 13.8. The summed E-state index contributed by atoms with van der Waals surface area (Å²) in [5.41, 5.74) is -0.0537. The first kappa shape index (κ1) is 16.0. The van der Waals surface area contributed by atoms with Gasteiger partial charge in [-0.2, -0.15) is 13.2 Å². The van der Waals surface area contributed by atoms with Crippen LogP contribution < -0.4 is 9.80 Å². The summed E-state index contributed by atoms with van der Waals surface area (Å²) >= 11 is 1.60. The van der Waals surface area contributed by atoms with Crippen molar-refractivity contribution in [3.8, 4) is 0 Å². The van der Waals surface area contributed by atoms with E-state index in [0.717, 1.165) is 22.1 Å². The first-order chi connectivity index (χ1) is 12.0. The van der Waals surface area contributed by atoms with Crippen LogP contribution in [0.25, 0.3) is 10.2 Å². The Morgan fingerprint density at radius 1 is 0.920 bits per heavy atom. The van der Waals surface area contributed by atoms with Gasteiger partial charge in [0.2, 0.25) is 0 Å². The Balaban J connectivity index is 1.47. The highest BCUT2D eigenvalue weighted by atomic mass is 32.1. The highest BCUT2D eigenvalue weighted by Crippen LogP contribution is 2.30. The summed E-state index contributed by atoms with van der Waals surface area (Å²) in [4.78, 5) is 12.7. The summed E-state index contributed by atoms with van der Waals surface area (Å²) in [7, 11) is 0. The minimum absolute atomic E-state index is 0.455. The lowest BCUT2D eigenvalue weighted by atomic mass is 10.3. The zero-order chi connectivity index (χ0) is 17.4. The third-order valence-electron chi connectivity index (χ3n) is 4.07. The molecule has 130 valence electrons. The van der Waals surface area contributed by atoms with Gasteiger partial charge in [-0.25, -0.2) is 9.97 Å². The van der Waals surface area contributed by atoms with E-state index in [4.69, 9.17) is 0 Å². The molecule has 0 radical (unpaired) electrons. The number of piperazine rings is 1. The van der Waals surface area contributed by atoms with Gasteiger partial charge in [0, 0.05) is 26.2 Å². The molecule has 1 fully saturated rings. The van der Waals surface area contributed by atoms with Crippen molar-refractivity contribution in [2.75, 3.05) is 36.0 Å². The maximum atomic E-state index is 12.6. The zero-order valence-electron chi connectivity index (χ0n) is 12.9. The van der Waals surface area contributed by atoms with Gasteiger partial charge in [-0.3, -0.25) is 0 Å². The lowest BCUT2D eigenvalue weighted by Crippen LogP contribution is -2.47. The van der Waals surface area contributed by atoms with E-state index in [2.05, 4.69) is 25.1 Å². The monoisotopic (exact) mass is 366 g/mol. The minimum Gasteiger partial charge on any atom is -0.352 e. The van der Waals surface area contributed by atoms with Crippen LogP contribution in [-0.2, 0) is 6.18 Å². The van der Waals surface area contributed by atoms with Gasteiger partial charge in [-0.1, -0.05) is 0 Å². The molecular weight excluding hydrogens is 353 g/mol. The largest absolute Gasteiger partial charge is 0.435 e. The van der Waals surface area contributed by atoms with Gasteiger partial charge in [-0.05, 0) is 23.6 Å². The fourth-order valence-electron chi connectivity index (χ4n) is 2.79. The van der Waals surface area contributed by atoms with E-state index in [9.17, 15) is 13.2 Å². The second-order valence-electron chi connectivity index (χ2n) is 5.58. The van der Waals surface area contributed by atoms with Crippen LogP contribution in [0.5, 0.6) is 0 Å². The molecule has 4 rings (SSSR count). The van der Waals surface area contributed by atoms with Crippen LogP contribution in [0.1, 0.15) is 5.69 Å². The normalized spacial score (nSPS) is 15.8. The first-order valence-electron chi connectivity index (χ1n) is 7.61. The standard InChI is InChI=1S/C15H13F3N6S/c16-15(17,18)11-1-2-12(22-21-11)23-4-6-24(7-5-23)14-13-10(3-8-25-13)19-9-20-14/h1-3,8-9H,4-7H2. The number of fused-ring (bicyclic) bond motifs is 1. The van der Waals surface area contributed by atoms with Crippen LogP contribution in [0, 0.1) is 0 Å². The SMILES string of the molecule is FC(F)(F)c1ccc(N2CCN(c3ncnc4ccsc34)CC2)nn1. The Kier molecular flexibility index (Phi) is 3.91. The van der Waals surface area contributed by atoms with E-state index in [0.29, 0.717) is 32.0 Å². The Hall–Kier alpha value is -2.49. The molecule has 10 heteroatoms. The number of halogens is 3. The molecule has 0 saturated carbocycles. The average molecular weight is 366 g/mol. The number of anilines is 2. The van der Waals surface area contributed by atoms with Crippen LogP contribution in [0.2, 0.25) is 0 Å². The Morgan fingerprint density at radius 2 is 1.68 bits per heavy atom. The van der Waals surface area contributed by atoms with Crippen LogP contribution in [0.15, 0.2) is 29.9 Å². The highest BCUT2D eigenvalue weighted by Gasteiger charge is 2.33. The third kappa shape index (κ3) is 3.09. The predicted octanol–water partition coefficient (Wildman–Crippen LogP) is 2.83. The second kappa shape index (κ2) is 6.10. The molecule has 0 spiro atoms. The molecule has 1 saturated heterocycles. The number of hydrogen-bond donors (Lipinski definition) is 0. The van der Waals surface area contributed by atoms with Gasteiger partial charge < -0.3 is 9.80 Å². The quantitative estimate of drug-likeness (QED) is 0.695. The molecule has 3 aromatic rings. The smallest absolute Gasteiger partial charge is 0.352 e. The Labute approximate surface area is 144 Å². The molecule has 0 atom stereocenters. The summed E-state index contributed by atoms with van der Waals surface area (Å²) < 4.78 is 38.8. The molecule has 0 N–H and O–H groups in total. The maximum absolute atomic E-state index is 12.6. The maximum Gasteiger partial charge on any atom is 0.435 e. The molecule has 0 bridgehead atoms. The lowest BCUT2D eigenvalue weighted by Gasteiger charge is -2.35. The number of thiophene rings is 1. The number of aromatic nitrogens is 4. The fraction of sp³-hybridized carbons (Fsp3) is 0.333. The number of alkyl halides is 3. The van der Waals surface area contributed by atoms with Crippen LogP contribution in [0.3, 0.4) is 0 Å². The van der Waals surface area contributed by atoms with Crippen molar-refractivity contribution >= 4 is 33.2 Å². The van der Waals surface area contributed by atoms with Crippen molar-refractivity contribution in [1.29, 1.82) is 0 Å². The molecule has 3 aromatic heterocycles. The second-order valence-corrected chi connectivity index (χ2v) is 6.50. The van der Waals surface area contributed by atoms with Crippen LogP contribution in [0.4, 0.5) is 24.8 Å². The third-order valence-corrected chi connectivity index (χ3v) is 4.97. The number of nitrogens with zero attached hydrogens (tertiary/aromatic N) is 6. The Bertz CT molecular complexity index is 871. The Morgan fingerprint density at radius 3 is 2.36 bits per heavy atom. The topological polar surface area (TPSA) is 58.0 Å². The van der Waals surface area contributed by atoms with Gasteiger partial charge in [0.05, 0.1) is 10.2 Å². The fourth-order valence-corrected chi connectivity index (χ4v) is 3.66. The van der Waals surface area contributed by atoms with Crippen molar-refractivity contribution < 1.29 is 13.2 Å². The molecule has 0 amide bonds. The van der Waals surface area contributed by atoms with Gasteiger partial charge >= 0.3 is 6.18 Å². The van der Waals surface area contributed by atoms with Gasteiger partial charge in [-0.15, -0.1) is 21.5 Å². The molecule has 0 aliphatic carbocycles. The summed E-state index contributed by atoms with van der Waals surface area (Å²) in [6.07, 6.45) is -2.92. The first-order valence-corrected chi connectivity index (χ1v) is 8.49. The molecule has 1 aliphatic rings. The summed E-state index contributed by atoms with van der Waals surface area (Å²) in [6, 6.07) is 4.29. The number of hydrogen-bond acceptors (Lipinski definition) is 7. The van der Waals surface area contributed by atoms with E-state index in [1.165, 1.54) is 6.07 Å². The molecule has 6 nitrogen and oxygen atoms in total. The average Bonchev–Trinajstić information content (AvgIpc) is 3.10. The van der Waals surface area contributed by atoms with Crippen LogP contribution >= 0.6 is 11.3 Å². The molecule has 0 unspecified atom stereocenters. The van der Waals surface area contributed by atoms with Crippen molar-refractivity contribution in [2.45, 2.75) is 6.18 Å². The number of rotatable bonds is 2. The molecule has 0 aromatic carbocycles. The van der Waals surface area contributed by atoms with Gasteiger partial charge in [0.25, 0.3) is 0 Å². The highest BCUT2D eigenvalue weighted by molar-refractivity contribution is 7.17. The van der Waals surface area contributed by atoms with E-state index in [1.807, 2.05) is 16.3 Å².